The first-order chi connectivity index (χ1) is 8.40. The van der Waals surface area contributed by atoms with E-state index in [1.165, 1.54) is 38.9 Å². The van der Waals surface area contributed by atoms with Crippen LogP contribution in [0.2, 0.25) is 0 Å². The molecule has 1 aliphatic heterocycles. The summed E-state index contributed by atoms with van der Waals surface area (Å²) in [6.45, 7) is 7.11. The average molecular weight is 236 g/mol. The molecule has 1 unspecified atom stereocenters. The summed E-state index contributed by atoms with van der Waals surface area (Å²) in [7, 11) is 0. The van der Waals surface area contributed by atoms with Gasteiger partial charge in [0.05, 0.1) is 12.3 Å². The Balaban J connectivity index is 1.63. The van der Waals surface area contributed by atoms with E-state index < -0.39 is 0 Å². The minimum Gasteiger partial charge on any atom is -0.468 e. The smallest absolute Gasteiger partial charge is 0.120 e. The van der Waals surface area contributed by atoms with Crippen LogP contribution in [0.15, 0.2) is 22.8 Å². The second-order valence-corrected chi connectivity index (χ2v) is 4.83. The van der Waals surface area contributed by atoms with Crippen molar-refractivity contribution in [3.63, 3.8) is 0 Å². The molecule has 1 N–H and O–H groups in total. The monoisotopic (exact) mass is 236 g/mol. The lowest BCUT2D eigenvalue weighted by Crippen LogP contribution is -2.27. The zero-order chi connectivity index (χ0) is 11.9. The molecular formula is C14H24N2O. The number of nitrogens with zero attached hydrogens (tertiary/aromatic N) is 1. The van der Waals surface area contributed by atoms with Gasteiger partial charge in [0.25, 0.3) is 0 Å². The van der Waals surface area contributed by atoms with Crippen LogP contribution in [0, 0.1) is 0 Å². The van der Waals surface area contributed by atoms with Crippen LogP contribution in [-0.2, 0) is 0 Å². The Kier molecular flexibility index (Phi) is 5.08. The molecule has 1 aliphatic rings. The van der Waals surface area contributed by atoms with Gasteiger partial charge < -0.3 is 14.6 Å². The van der Waals surface area contributed by atoms with Gasteiger partial charge in [-0.05, 0) is 64.0 Å². The summed E-state index contributed by atoms with van der Waals surface area (Å²) in [5.41, 5.74) is 0. The topological polar surface area (TPSA) is 28.4 Å². The fourth-order valence-electron chi connectivity index (χ4n) is 2.52. The van der Waals surface area contributed by atoms with E-state index in [1.54, 1.807) is 6.26 Å². The number of hydrogen-bond acceptors (Lipinski definition) is 3. The Morgan fingerprint density at radius 3 is 2.88 bits per heavy atom. The Bertz CT molecular complexity index is 291. The molecule has 3 nitrogen and oxygen atoms in total. The fourth-order valence-corrected chi connectivity index (χ4v) is 2.52. The highest BCUT2D eigenvalue weighted by Gasteiger charge is 2.12. The fraction of sp³-hybridized carbons (Fsp3) is 0.714. The van der Waals surface area contributed by atoms with E-state index in [9.17, 15) is 0 Å². The van der Waals surface area contributed by atoms with Crippen LogP contribution >= 0.6 is 0 Å². The molecule has 0 amide bonds. The predicted octanol–water partition coefficient (Wildman–Crippen LogP) is 2.81. The molecule has 1 aromatic rings. The first-order valence-corrected chi connectivity index (χ1v) is 6.89. The lowest BCUT2D eigenvalue weighted by atomic mass is 10.1. The Morgan fingerprint density at radius 1 is 1.41 bits per heavy atom. The van der Waals surface area contributed by atoms with Gasteiger partial charge in [-0.2, -0.15) is 0 Å². The van der Waals surface area contributed by atoms with E-state index in [2.05, 4.69) is 23.2 Å². The maximum atomic E-state index is 5.44. The summed E-state index contributed by atoms with van der Waals surface area (Å²) in [6.07, 6.45) is 6.84. The summed E-state index contributed by atoms with van der Waals surface area (Å²) >= 11 is 0. The second kappa shape index (κ2) is 6.82. The first kappa shape index (κ1) is 12.7. The molecule has 0 bridgehead atoms. The highest BCUT2D eigenvalue weighted by atomic mass is 16.3. The summed E-state index contributed by atoms with van der Waals surface area (Å²) in [5.74, 6) is 1.06. The standard InChI is InChI=1S/C14H24N2O/c1-2-13(14-7-5-12-17-14)15-8-6-11-16-9-3-4-10-16/h5,7,12-13,15H,2-4,6,8-11H2,1H3. The lowest BCUT2D eigenvalue weighted by Gasteiger charge is -2.17. The van der Waals surface area contributed by atoms with Crippen molar-refractivity contribution in [3.8, 4) is 0 Å². The molecule has 17 heavy (non-hydrogen) atoms. The van der Waals surface area contributed by atoms with Gasteiger partial charge in [-0.3, -0.25) is 0 Å². The van der Waals surface area contributed by atoms with Gasteiger partial charge in [0.1, 0.15) is 5.76 Å². The van der Waals surface area contributed by atoms with E-state index in [4.69, 9.17) is 4.42 Å². The van der Waals surface area contributed by atoms with Gasteiger partial charge in [0.2, 0.25) is 0 Å². The molecule has 1 aromatic heterocycles. The molecular weight excluding hydrogens is 212 g/mol. The van der Waals surface area contributed by atoms with Gasteiger partial charge in [-0.25, -0.2) is 0 Å². The Hall–Kier alpha value is -0.800. The molecule has 96 valence electrons. The van der Waals surface area contributed by atoms with Crippen molar-refractivity contribution >= 4 is 0 Å². The van der Waals surface area contributed by atoms with Gasteiger partial charge >= 0.3 is 0 Å². The molecule has 1 atom stereocenters. The van der Waals surface area contributed by atoms with E-state index >= 15 is 0 Å². The highest BCUT2D eigenvalue weighted by molar-refractivity contribution is 5.03. The molecule has 3 heteroatoms. The van der Waals surface area contributed by atoms with Gasteiger partial charge in [-0.15, -0.1) is 0 Å². The third-order valence-electron chi connectivity index (χ3n) is 3.54. The number of nitrogens with one attached hydrogen (secondary N) is 1. The third kappa shape index (κ3) is 3.86. The summed E-state index contributed by atoms with van der Waals surface area (Å²) < 4.78 is 5.44. The van der Waals surface area contributed by atoms with Crippen LogP contribution in [-0.4, -0.2) is 31.1 Å². The van der Waals surface area contributed by atoms with Crippen LogP contribution in [0.1, 0.15) is 44.4 Å². The van der Waals surface area contributed by atoms with Crippen molar-refractivity contribution in [1.29, 1.82) is 0 Å². The van der Waals surface area contributed by atoms with Crippen molar-refractivity contribution in [2.75, 3.05) is 26.2 Å². The minimum atomic E-state index is 0.378. The quantitative estimate of drug-likeness (QED) is 0.738. The highest BCUT2D eigenvalue weighted by Crippen LogP contribution is 2.16. The summed E-state index contributed by atoms with van der Waals surface area (Å²) in [4.78, 5) is 2.57. The third-order valence-corrected chi connectivity index (χ3v) is 3.54. The lowest BCUT2D eigenvalue weighted by molar-refractivity contribution is 0.322. The normalized spacial score (nSPS) is 18.6. The second-order valence-electron chi connectivity index (χ2n) is 4.83. The van der Waals surface area contributed by atoms with Crippen LogP contribution in [0.25, 0.3) is 0 Å². The van der Waals surface area contributed by atoms with Crippen LogP contribution in [0.3, 0.4) is 0 Å². The molecule has 0 saturated carbocycles. The number of hydrogen-bond donors (Lipinski definition) is 1. The van der Waals surface area contributed by atoms with Crippen molar-refractivity contribution < 1.29 is 4.42 Å². The van der Waals surface area contributed by atoms with E-state index in [0.717, 1.165) is 18.7 Å². The molecule has 0 aliphatic carbocycles. The Labute approximate surface area is 104 Å². The summed E-state index contributed by atoms with van der Waals surface area (Å²) in [5, 5.41) is 3.58. The molecule has 1 saturated heterocycles. The zero-order valence-electron chi connectivity index (χ0n) is 10.8. The van der Waals surface area contributed by atoms with Crippen molar-refractivity contribution in [2.24, 2.45) is 0 Å². The zero-order valence-corrected chi connectivity index (χ0v) is 10.8. The van der Waals surface area contributed by atoms with Gasteiger partial charge in [0, 0.05) is 0 Å². The maximum Gasteiger partial charge on any atom is 0.120 e. The molecule has 0 radical (unpaired) electrons. The maximum absolute atomic E-state index is 5.44. The van der Waals surface area contributed by atoms with E-state index in [1.807, 2.05) is 6.07 Å². The average Bonchev–Trinajstić information content (AvgIpc) is 3.01. The van der Waals surface area contributed by atoms with E-state index in [-0.39, 0.29) is 0 Å². The summed E-state index contributed by atoms with van der Waals surface area (Å²) in [6, 6.07) is 4.40. The number of rotatable bonds is 7. The van der Waals surface area contributed by atoms with Gasteiger partial charge in [-0.1, -0.05) is 6.92 Å². The molecule has 1 fully saturated rings. The van der Waals surface area contributed by atoms with Crippen molar-refractivity contribution in [3.05, 3.63) is 24.2 Å². The van der Waals surface area contributed by atoms with Crippen LogP contribution in [0.4, 0.5) is 0 Å². The molecule has 0 spiro atoms. The van der Waals surface area contributed by atoms with Gasteiger partial charge in [0.15, 0.2) is 0 Å². The molecule has 2 rings (SSSR count). The van der Waals surface area contributed by atoms with Crippen molar-refractivity contribution in [2.45, 2.75) is 38.6 Å². The van der Waals surface area contributed by atoms with Crippen LogP contribution < -0.4 is 5.32 Å². The number of furan rings is 1. The molecule has 0 aromatic carbocycles. The molecule has 2 heterocycles. The predicted molar refractivity (Wildman–Crippen MR) is 70.0 cm³/mol. The van der Waals surface area contributed by atoms with Crippen LogP contribution in [0.5, 0.6) is 0 Å². The SMILES string of the molecule is CCC(NCCCN1CCCC1)c1ccco1. The first-order valence-electron chi connectivity index (χ1n) is 6.89. The largest absolute Gasteiger partial charge is 0.468 e. The van der Waals surface area contributed by atoms with Crippen molar-refractivity contribution in [1.82, 2.24) is 10.2 Å². The minimum absolute atomic E-state index is 0.378. The number of likely N-dealkylation sites (tertiary alicyclic amines) is 1. The Morgan fingerprint density at radius 2 is 2.24 bits per heavy atom. The van der Waals surface area contributed by atoms with E-state index in [0.29, 0.717) is 6.04 Å².